The van der Waals surface area contributed by atoms with Gasteiger partial charge in [-0.25, -0.2) is 9.97 Å². The summed E-state index contributed by atoms with van der Waals surface area (Å²) >= 11 is 5.97. The molecule has 1 amide bonds. The average molecular weight is 317 g/mol. The molecule has 0 fully saturated rings. The number of amides is 1. The second-order valence-corrected chi connectivity index (χ2v) is 5.10. The first-order valence-electron chi connectivity index (χ1n) is 6.50. The van der Waals surface area contributed by atoms with Crippen molar-refractivity contribution < 1.29 is 4.79 Å². The summed E-state index contributed by atoms with van der Waals surface area (Å²) in [7, 11) is 3.62. The summed E-state index contributed by atoms with van der Waals surface area (Å²) < 4.78 is 3.42. The number of aryl methyl sites for hydroxylation is 2. The third-order valence-corrected chi connectivity index (χ3v) is 3.45. The average Bonchev–Trinajstić information content (AvgIpc) is 3.06. The van der Waals surface area contributed by atoms with Gasteiger partial charge < -0.3 is 9.88 Å². The van der Waals surface area contributed by atoms with E-state index < -0.39 is 0 Å². The van der Waals surface area contributed by atoms with E-state index in [1.54, 1.807) is 36.1 Å². The summed E-state index contributed by atoms with van der Waals surface area (Å²) in [6, 6.07) is 5.03. The van der Waals surface area contributed by atoms with E-state index in [4.69, 9.17) is 11.6 Å². The molecule has 0 atom stereocenters. The van der Waals surface area contributed by atoms with Gasteiger partial charge in [-0.05, 0) is 12.1 Å². The molecule has 0 radical (unpaired) electrons. The van der Waals surface area contributed by atoms with Crippen LogP contribution in [0, 0.1) is 0 Å². The van der Waals surface area contributed by atoms with Crippen LogP contribution in [0.1, 0.15) is 10.5 Å². The van der Waals surface area contributed by atoms with Gasteiger partial charge in [0.2, 0.25) is 0 Å². The normalized spacial score (nSPS) is 10.7. The Bertz CT molecular complexity index is 837. The number of hydrogen-bond donors (Lipinski definition) is 1. The highest BCUT2D eigenvalue weighted by molar-refractivity contribution is 6.34. The van der Waals surface area contributed by atoms with Gasteiger partial charge in [-0.3, -0.25) is 9.48 Å². The van der Waals surface area contributed by atoms with Crippen molar-refractivity contribution >= 4 is 23.3 Å². The highest BCUT2D eigenvalue weighted by Crippen LogP contribution is 2.20. The molecule has 0 saturated heterocycles. The Morgan fingerprint density at radius 1 is 1.27 bits per heavy atom. The first kappa shape index (κ1) is 14.3. The molecule has 3 aromatic rings. The van der Waals surface area contributed by atoms with Gasteiger partial charge >= 0.3 is 0 Å². The zero-order valence-corrected chi connectivity index (χ0v) is 12.7. The van der Waals surface area contributed by atoms with Crippen LogP contribution >= 0.6 is 11.6 Å². The van der Waals surface area contributed by atoms with Gasteiger partial charge in [0.1, 0.15) is 17.2 Å². The zero-order chi connectivity index (χ0) is 15.7. The standard InChI is InChI=1S/C14H13ClN6O/c1-20-7-6-17-13(20)10-8-11(21(2)19-10)18-14(22)12-9(15)4-3-5-16-12/h3-8H,1-2H3,(H,18,22). The molecule has 0 aliphatic heterocycles. The second kappa shape index (κ2) is 5.61. The van der Waals surface area contributed by atoms with Crippen LogP contribution in [0.2, 0.25) is 5.02 Å². The molecule has 112 valence electrons. The lowest BCUT2D eigenvalue weighted by Gasteiger charge is -2.05. The third-order valence-electron chi connectivity index (χ3n) is 3.15. The van der Waals surface area contributed by atoms with E-state index in [1.165, 1.54) is 6.20 Å². The minimum absolute atomic E-state index is 0.170. The van der Waals surface area contributed by atoms with Gasteiger partial charge in [-0.1, -0.05) is 11.6 Å². The van der Waals surface area contributed by atoms with Crippen molar-refractivity contribution in [3.8, 4) is 11.5 Å². The summed E-state index contributed by atoms with van der Waals surface area (Å²) in [6.45, 7) is 0. The van der Waals surface area contributed by atoms with E-state index in [-0.39, 0.29) is 11.6 Å². The number of hydrogen-bond acceptors (Lipinski definition) is 4. The molecule has 3 aromatic heterocycles. The number of anilines is 1. The fourth-order valence-corrected chi connectivity index (χ4v) is 2.24. The van der Waals surface area contributed by atoms with Crippen LogP contribution in [0.3, 0.4) is 0 Å². The molecule has 0 spiro atoms. The summed E-state index contributed by atoms with van der Waals surface area (Å²) in [4.78, 5) is 20.4. The minimum Gasteiger partial charge on any atom is -0.333 e. The zero-order valence-electron chi connectivity index (χ0n) is 12.0. The van der Waals surface area contributed by atoms with Crippen molar-refractivity contribution in [2.75, 3.05) is 5.32 Å². The van der Waals surface area contributed by atoms with Crippen molar-refractivity contribution in [3.05, 3.63) is 47.5 Å². The molecule has 0 aliphatic rings. The lowest BCUT2D eigenvalue weighted by Crippen LogP contribution is -2.16. The Labute approximate surface area is 131 Å². The Morgan fingerprint density at radius 3 is 2.77 bits per heavy atom. The summed E-state index contributed by atoms with van der Waals surface area (Å²) in [5, 5.41) is 7.39. The molecule has 0 saturated carbocycles. The second-order valence-electron chi connectivity index (χ2n) is 4.69. The maximum Gasteiger partial charge on any atom is 0.276 e. The predicted octanol–water partition coefficient (Wildman–Crippen LogP) is 2.12. The number of carbonyl (C=O) groups excluding carboxylic acids is 1. The SMILES string of the molecule is Cn1ccnc1-c1cc(NC(=O)c2ncccc2Cl)n(C)n1. The van der Waals surface area contributed by atoms with E-state index in [1.807, 2.05) is 17.8 Å². The Morgan fingerprint density at radius 2 is 2.09 bits per heavy atom. The molecule has 3 heterocycles. The molecule has 3 rings (SSSR count). The molecule has 0 aromatic carbocycles. The van der Waals surface area contributed by atoms with Crippen LogP contribution in [-0.2, 0) is 14.1 Å². The van der Waals surface area contributed by atoms with Crippen molar-refractivity contribution in [1.29, 1.82) is 0 Å². The number of imidazole rings is 1. The van der Waals surface area contributed by atoms with Gasteiger partial charge in [0.05, 0.1) is 5.02 Å². The third kappa shape index (κ3) is 2.58. The minimum atomic E-state index is -0.389. The summed E-state index contributed by atoms with van der Waals surface area (Å²) in [5.74, 6) is 0.858. The molecule has 0 unspecified atom stereocenters. The highest BCUT2D eigenvalue weighted by Gasteiger charge is 2.16. The molecular formula is C14H13ClN6O. The highest BCUT2D eigenvalue weighted by atomic mass is 35.5. The smallest absolute Gasteiger partial charge is 0.276 e. The number of pyridine rings is 1. The quantitative estimate of drug-likeness (QED) is 0.803. The van der Waals surface area contributed by atoms with Crippen molar-refractivity contribution in [1.82, 2.24) is 24.3 Å². The van der Waals surface area contributed by atoms with Crippen LogP contribution in [0.5, 0.6) is 0 Å². The van der Waals surface area contributed by atoms with Gasteiger partial charge in [0.25, 0.3) is 5.91 Å². The maximum atomic E-state index is 12.2. The van der Waals surface area contributed by atoms with E-state index in [0.29, 0.717) is 22.4 Å². The van der Waals surface area contributed by atoms with E-state index in [0.717, 1.165) is 0 Å². The van der Waals surface area contributed by atoms with Gasteiger partial charge in [-0.15, -0.1) is 0 Å². The Balaban J connectivity index is 1.88. The molecule has 0 bridgehead atoms. The van der Waals surface area contributed by atoms with Crippen molar-refractivity contribution in [3.63, 3.8) is 0 Å². The fraction of sp³-hybridized carbons (Fsp3) is 0.143. The Hall–Kier alpha value is -2.67. The van der Waals surface area contributed by atoms with Crippen LogP contribution in [0.15, 0.2) is 36.8 Å². The molecule has 8 heteroatoms. The number of aromatic nitrogens is 5. The van der Waals surface area contributed by atoms with Gasteiger partial charge in [0.15, 0.2) is 5.82 Å². The monoisotopic (exact) mass is 316 g/mol. The molecule has 22 heavy (non-hydrogen) atoms. The van der Waals surface area contributed by atoms with Crippen LogP contribution in [0.25, 0.3) is 11.5 Å². The number of nitrogens with zero attached hydrogens (tertiary/aromatic N) is 5. The fourth-order valence-electron chi connectivity index (χ4n) is 2.03. The predicted molar refractivity (Wildman–Crippen MR) is 82.6 cm³/mol. The number of carbonyl (C=O) groups is 1. The Kier molecular flexibility index (Phi) is 3.64. The van der Waals surface area contributed by atoms with Crippen LogP contribution in [-0.4, -0.2) is 30.2 Å². The molecular weight excluding hydrogens is 304 g/mol. The molecule has 7 nitrogen and oxygen atoms in total. The topological polar surface area (TPSA) is 77.6 Å². The van der Waals surface area contributed by atoms with Crippen molar-refractivity contribution in [2.45, 2.75) is 0 Å². The number of halogens is 1. The largest absolute Gasteiger partial charge is 0.333 e. The summed E-state index contributed by atoms with van der Waals surface area (Å²) in [6.07, 6.45) is 5.04. The first-order chi connectivity index (χ1) is 10.6. The first-order valence-corrected chi connectivity index (χ1v) is 6.87. The van der Waals surface area contributed by atoms with Crippen LogP contribution in [0.4, 0.5) is 5.82 Å². The maximum absolute atomic E-state index is 12.2. The van der Waals surface area contributed by atoms with E-state index >= 15 is 0 Å². The number of nitrogens with one attached hydrogen (secondary N) is 1. The molecule has 1 N–H and O–H groups in total. The summed E-state index contributed by atoms with van der Waals surface area (Å²) in [5.41, 5.74) is 0.835. The lowest BCUT2D eigenvalue weighted by atomic mass is 10.3. The van der Waals surface area contributed by atoms with Crippen molar-refractivity contribution in [2.24, 2.45) is 14.1 Å². The van der Waals surface area contributed by atoms with E-state index in [9.17, 15) is 4.79 Å². The van der Waals surface area contributed by atoms with Gasteiger partial charge in [0, 0.05) is 38.8 Å². The lowest BCUT2D eigenvalue weighted by molar-refractivity contribution is 0.102. The van der Waals surface area contributed by atoms with E-state index in [2.05, 4.69) is 20.4 Å². The molecule has 0 aliphatic carbocycles. The van der Waals surface area contributed by atoms with Crippen LogP contribution < -0.4 is 5.32 Å². The number of rotatable bonds is 3. The van der Waals surface area contributed by atoms with Gasteiger partial charge in [-0.2, -0.15) is 5.10 Å².